The molecule has 1 fully saturated rings. The number of benzene rings is 2. The van der Waals surface area contributed by atoms with Crippen molar-refractivity contribution in [2.24, 2.45) is 5.92 Å². The summed E-state index contributed by atoms with van der Waals surface area (Å²) in [5, 5.41) is -0.229. The Bertz CT molecular complexity index is 1120. The van der Waals surface area contributed by atoms with Gasteiger partial charge in [-0.05, 0) is 68.5 Å². The second-order valence-electron chi connectivity index (χ2n) is 8.22. The van der Waals surface area contributed by atoms with Gasteiger partial charge in [-0.1, -0.05) is 24.6 Å². The van der Waals surface area contributed by atoms with E-state index in [2.05, 4.69) is 6.58 Å². The van der Waals surface area contributed by atoms with E-state index in [0.29, 0.717) is 29.3 Å². The first-order valence-corrected chi connectivity index (χ1v) is 13.0. The number of hydrogen-bond donors (Lipinski definition) is 1. The molecule has 3 rings (SSSR count). The van der Waals surface area contributed by atoms with Gasteiger partial charge in [0.15, 0.2) is 9.84 Å². The van der Waals surface area contributed by atoms with Crippen LogP contribution in [0.4, 0.5) is 10.1 Å². The highest BCUT2D eigenvalue weighted by Crippen LogP contribution is 2.27. The number of hydrogen-bond acceptors (Lipinski definition) is 5. The predicted molar refractivity (Wildman–Crippen MR) is 135 cm³/mol. The number of ether oxygens (including phenoxy) is 1. The average Bonchev–Trinajstić information content (AvgIpc) is 3.27. The van der Waals surface area contributed by atoms with Gasteiger partial charge in [-0.2, -0.15) is 0 Å². The third-order valence-corrected chi connectivity index (χ3v) is 8.49. The van der Waals surface area contributed by atoms with E-state index < -0.39 is 20.9 Å². The number of sulfone groups is 1. The number of rotatable bonds is 7. The van der Waals surface area contributed by atoms with Gasteiger partial charge >= 0.3 is 0 Å². The number of likely N-dealkylation sites (tertiary alicyclic amines) is 1. The molecule has 1 heterocycles. The van der Waals surface area contributed by atoms with Crippen LogP contribution in [0.3, 0.4) is 0 Å². The van der Waals surface area contributed by atoms with Crippen molar-refractivity contribution in [2.75, 3.05) is 25.9 Å². The van der Waals surface area contributed by atoms with Crippen molar-refractivity contribution in [3.63, 3.8) is 0 Å². The maximum atomic E-state index is 12.9. The van der Waals surface area contributed by atoms with Crippen molar-refractivity contribution in [2.45, 2.75) is 43.3 Å². The van der Waals surface area contributed by atoms with Gasteiger partial charge in [0.1, 0.15) is 11.6 Å². The number of halogens is 2. The molecule has 9 heteroatoms. The SMILES string of the molecule is C=CCC1CCN(C(=O)c2ccc(F)cc2Cl)C1.CCC(C)S(=O)(=O)c1ccc(OC)c(N)c1. The van der Waals surface area contributed by atoms with Gasteiger partial charge in [0.25, 0.3) is 5.91 Å². The molecule has 0 aromatic heterocycles. The van der Waals surface area contributed by atoms with E-state index in [1.54, 1.807) is 17.9 Å². The molecule has 2 N–H and O–H groups in total. The molecule has 186 valence electrons. The summed E-state index contributed by atoms with van der Waals surface area (Å²) >= 11 is 5.90. The molecular formula is C25H32ClFN2O4S. The molecule has 1 aliphatic heterocycles. The number of nitrogen functional groups attached to an aromatic ring is 1. The molecule has 34 heavy (non-hydrogen) atoms. The Morgan fingerprint density at radius 1 is 1.35 bits per heavy atom. The second-order valence-corrected chi connectivity index (χ2v) is 11.0. The van der Waals surface area contributed by atoms with Crippen LogP contribution in [-0.2, 0) is 9.84 Å². The van der Waals surface area contributed by atoms with E-state index in [9.17, 15) is 17.6 Å². The second kappa shape index (κ2) is 12.2. The van der Waals surface area contributed by atoms with Crippen LogP contribution >= 0.6 is 11.6 Å². The monoisotopic (exact) mass is 510 g/mol. The van der Waals surface area contributed by atoms with Crippen LogP contribution in [0.5, 0.6) is 5.75 Å². The summed E-state index contributed by atoms with van der Waals surface area (Å²) in [6, 6.07) is 8.42. The van der Waals surface area contributed by atoms with Gasteiger partial charge in [0, 0.05) is 13.1 Å². The highest BCUT2D eigenvalue weighted by Gasteiger charge is 2.27. The fraction of sp³-hybridized carbons (Fsp3) is 0.400. The lowest BCUT2D eigenvalue weighted by atomic mass is 10.1. The van der Waals surface area contributed by atoms with Crippen molar-refractivity contribution < 1.29 is 22.3 Å². The van der Waals surface area contributed by atoms with Gasteiger partial charge in [0.2, 0.25) is 0 Å². The fourth-order valence-corrected chi connectivity index (χ4v) is 5.32. The maximum Gasteiger partial charge on any atom is 0.255 e. The standard InChI is InChI=1S/C14H15ClFNO.C11H17NO3S/c1-2-3-10-6-7-17(9-10)14(18)12-5-4-11(16)8-13(12)15;1-4-8(2)16(13,14)9-5-6-11(15-3)10(12)7-9/h2,4-5,8,10H,1,3,6-7,9H2;5-8H,4,12H2,1-3H3. The van der Waals surface area contributed by atoms with Gasteiger partial charge < -0.3 is 15.4 Å². The minimum Gasteiger partial charge on any atom is -0.495 e. The summed E-state index contributed by atoms with van der Waals surface area (Å²) in [6.45, 7) is 8.69. The lowest BCUT2D eigenvalue weighted by Gasteiger charge is -2.17. The van der Waals surface area contributed by atoms with Crippen LogP contribution in [0.1, 0.15) is 43.5 Å². The Hall–Kier alpha value is -2.58. The molecule has 0 radical (unpaired) electrons. The third-order valence-electron chi connectivity index (χ3n) is 5.87. The minimum atomic E-state index is -3.27. The molecule has 2 atom stereocenters. The number of allylic oxidation sites excluding steroid dienone is 1. The fourth-order valence-electron chi connectivity index (χ4n) is 3.62. The Balaban J connectivity index is 0.000000242. The van der Waals surface area contributed by atoms with E-state index in [1.165, 1.54) is 37.4 Å². The topological polar surface area (TPSA) is 89.7 Å². The molecule has 0 spiro atoms. The number of carbonyl (C=O) groups excluding carboxylic acids is 1. The molecule has 1 amide bonds. The first kappa shape index (κ1) is 27.7. The molecule has 0 bridgehead atoms. The first-order valence-electron chi connectivity index (χ1n) is 11.1. The van der Waals surface area contributed by atoms with Crippen LogP contribution in [0.15, 0.2) is 53.9 Å². The highest BCUT2D eigenvalue weighted by atomic mass is 35.5. The molecule has 2 aromatic rings. The van der Waals surface area contributed by atoms with Crippen molar-refractivity contribution in [3.05, 3.63) is 65.5 Å². The smallest absolute Gasteiger partial charge is 0.255 e. The summed E-state index contributed by atoms with van der Waals surface area (Å²) in [5.41, 5.74) is 6.39. The van der Waals surface area contributed by atoms with Crippen LogP contribution in [-0.4, -0.2) is 44.7 Å². The van der Waals surface area contributed by atoms with Crippen molar-refractivity contribution in [1.29, 1.82) is 0 Å². The van der Waals surface area contributed by atoms with E-state index in [-0.39, 0.29) is 15.8 Å². The summed E-state index contributed by atoms with van der Waals surface area (Å²) < 4.78 is 41.9. The number of nitrogens with zero attached hydrogens (tertiary/aromatic N) is 1. The highest BCUT2D eigenvalue weighted by molar-refractivity contribution is 7.92. The zero-order chi connectivity index (χ0) is 25.5. The first-order chi connectivity index (χ1) is 16.0. The summed E-state index contributed by atoms with van der Waals surface area (Å²) in [5.74, 6) is 0.419. The van der Waals surface area contributed by atoms with Crippen molar-refractivity contribution in [3.8, 4) is 5.75 Å². The number of amides is 1. The normalized spacial score (nSPS) is 16.4. The molecule has 2 unspecified atom stereocenters. The average molecular weight is 511 g/mol. The molecule has 1 aliphatic rings. The molecule has 1 saturated heterocycles. The minimum absolute atomic E-state index is 0.119. The summed E-state index contributed by atoms with van der Waals surface area (Å²) in [7, 11) is -1.78. The Kier molecular flexibility index (Phi) is 9.94. The Morgan fingerprint density at radius 3 is 2.62 bits per heavy atom. The zero-order valence-electron chi connectivity index (χ0n) is 19.8. The number of anilines is 1. The lowest BCUT2D eigenvalue weighted by molar-refractivity contribution is 0.0787. The molecule has 2 aromatic carbocycles. The van der Waals surface area contributed by atoms with Crippen LogP contribution < -0.4 is 10.5 Å². The Labute approximate surface area is 206 Å². The van der Waals surface area contributed by atoms with E-state index in [1.807, 2.05) is 13.0 Å². The molecule has 0 saturated carbocycles. The largest absolute Gasteiger partial charge is 0.495 e. The molecule has 6 nitrogen and oxygen atoms in total. The number of methoxy groups -OCH3 is 1. The van der Waals surface area contributed by atoms with E-state index in [4.69, 9.17) is 22.1 Å². The van der Waals surface area contributed by atoms with Crippen molar-refractivity contribution >= 4 is 33.0 Å². The van der Waals surface area contributed by atoms with Crippen LogP contribution in [0.25, 0.3) is 0 Å². The number of nitrogens with two attached hydrogens (primary N) is 1. The summed E-state index contributed by atoms with van der Waals surface area (Å²) in [6.07, 6.45) is 4.36. The molecule has 0 aliphatic carbocycles. The Morgan fingerprint density at radius 2 is 2.06 bits per heavy atom. The zero-order valence-corrected chi connectivity index (χ0v) is 21.3. The summed E-state index contributed by atoms with van der Waals surface area (Å²) in [4.78, 5) is 14.2. The van der Waals surface area contributed by atoms with Gasteiger partial charge in [-0.15, -0.1) is 6.58 Å². The van der Waals surface area contributed by atoms with Gasteiger partial charge in [-0.3, -0.25) is 4.79 Å². The van der Waals surface area contributed by atoms with E-state index in [0.717, 1.165) is 25.9 Å². The van der Waals surface area contributed by atoms with Crippen LogP contribution in [0.2, 0.25) is 5.02 Å². The molecular weight excluding hydrogens is 479 g/mol. The van der Waals surface area contributed by atoms with E-state index >= 15 is 0 Å². The van der Waals surface area contributed by atoms with Crippen LogP contribution in [0, 0.1) is 11.7 Å². The quantitative estimate of drug-likeness (QED) is 0.399. The maximum absolute atomic E-state index is 12.9. The lowest BCUT2D eigenvalue weighted by Crippen LogP contribution is -2.28. The van der Waals surface area contributed by atoms with Gasteiger partial charge in [-0.25, -0.2) is 12.8 Å². The predicted octanol–water partition coefficient (Wildman–Crippen LogP) is 5.37. The number of carbonyl (C=O) groups is 1. The third kappa shape index (κ3) is 6.73. The van der Waals surface area contributed by atoms with Crippen molar-refractivity contribution in [1.82, 2.24) is 4.90 Å². The van der Waals surface area contributed by atoms with Gasteiger partial charge in [0.05, 0.1) is 33.5 Å².